The summed E-state index contributed by atoms with van der Waals surface area (Å²) in [5.41, 5.74) is 0.428. The zero-order valence-corrected chi connectivity index (χ0v) is 11.8. The molecule has 7 nitrogen and oxygen atoms in total. The van der Waals surface area contributed by atoms with E-state index in [1.807, 2.05) is 6.07 Å². The van der Waals surface area contributed by atoms with Crippen LogP contribution in [0.2, 0.25) is 0 Å². The summed E-state index contributed by atoms with van der Waals surface area (Å²) in [6.07, 6.45) is -0.837. The van der Waals surface area contributed by atoms with Crippen molar-refractivity contribution in [1.29, 1.82) is 5.26 Å². The van der Waals surface area contributed by atoms with Gasteiger partial charge in [0.15, 0.2) is 17.6 Å². The summed E-state index contributed by atoms with van der Waals surface area (Å²) >= 11 is 0. The highest BCUT2D eigenvalue weighted by atomic mass is 16.5. The first-order valence-corrected chi connectivity index (χ1v) is 6.41. The third-order valence-electron chi connectivity index (χ3n) is 3.07. The average molecular weight is 289 g/mol. The highest BCUT2D eigenvalue weighted by Crippen LogP contribution is 2.29. The summed E-state index contributed by atoms with van der Waals surface area (Å²) in [5, 5.41) is 11.4. The smallest absolute Gasteiger partial charge is 0.324 e. The van der Waals surface area contributed by atoms with Crippen molar-refractivity contribution in [2.24, 2.45) is 0 Å². The summed E-state index contributed by atoms with van der Waals surface area (Å²) in [4.78, 5) is 24.7. The third-order valence-corrected chi connectivity index (χ3v) is 3.07. The van der Waals surface area contributed by atoms with E-state index in [9.17, 15) is 9.59 Å². The lowest BCUT2D eigenvalue weighted by atomic mass is 10.2. The van der Waals surface area contributed by atoms with Crippen LogP contribution >= 0.6 is 0 Å². The SMILES string of the molecule is COc1cc(C#N)ccc1O[C@@H](C)C(=O)N1CCNC1=O. The maximum atomic E-state index is 12.1. The Kier molecular flexibility index (Phi) is 4.28. The molecular formula is C14H15N3O4. The second kappa shape index (κ2) is 6.13. The summed E-state index contributed by atoms with van der Waals surface area (Å²) < 4.78 is 10.7. The molecule has 1 aliphatic rings. The van der Waals surface area contributed by atoms with Crippen molar-refractivity contribution in [3.63, 3.8) is 0 Å². The van der Waals surface area contributed by atoms with E-state index in [0.29, 0.717) is 30.2 Å². The first-order chi connectivity index (χ1) is 10.1. The van der Waals surface area contributed by atoms with Crippen LogP contribution in [0, 0.1) is 11.3 Å². The van der Waals surface area contributed by atoms with E-state index in [1.165, 1.54) is 13.2 Å². The van der Waals surface area contributed by atoms with Crippen LogP contribution in [0.1, 0.15) is 12.5 Å². The Morgan fingerprint density at radius 1 is 1.48 bits per heavy atom. The van der Waals surface area contributed by atoms with Crippen molar-refractivity contribution < 1.29 is 19.1 Å². The highest BCUT2D eigenvalue weighted by Gasteiger charge is 2.31. The lowest BCUT2D eigenvalue weighted by Gasteiger charge is -2.20. The Morgan fingerprint density at radius 2 is 2.24 bits per heavy atom. The first-order valence-electron chi connectivity index (χ1n) is 6.41. The molecule has 1 saturated heterocycles. The van der Waals surface area contributed by atoms with E-state index < -0.39 is 18.0 Å². The number of nitriles is 1. The molecule has 0 aliphatic carbocycles. The molecule has 0 aromatic heterocycles. The van der Waals surface area contributed by atoms with Gasteiger partial charge >= 0.3 is 6.03 Å². The van der Waals surface area contributed by atoms with Crippen LogP contribution in [0.5, 0.6) is 11.5 Å². The van der Waals surface area contributed by atoms with Gasteiger partial charge in [0.2, 0.25) is 0 Å². The average Bonchev–Trinajstić information content (AvgIpc) is 2.92. The van der Waals surface area contributed by atoms with Crippen LogP contribution in [0.25, 0.3) is 0 Å². The molecule has 0 radical (unpaired) electrons. The fraction of sp³-hybridized carbons (Fsp3) is 0.357. The second-order valence-corrected chi connectivity index (χ2v) is 4.46. The number of ether oxygens (including phenoxy) is 2. The number of rotatable bonds is 4. The lowest BCUT2D eigenvalue weighted by molar-refractivity contribution is -0.134. The Bertz CT molecular complexity index is 609. The fourth-order valence-corrected chi connectivity index (χ4v) is 1.98. The van der Waals surface area contributed by atoms with Crippen LogP contribution in [-0.2, 0) is 4.79 Å². The van der Waals surface area contributed by atoms with Crippen molar-refractivity contribution in [2.45, 2.75) is 13.0 Å². The predicted octanol–water partition coefficient (Wildman–Crippen LogP) is 0.886. The Balaban J connectivity index is 2.12. The van der Waals surface area contributed by atoms with Crippen molar-refractivity contribution >= 4 is 11.9 Å². The number of nitrogens with one attached hydrogen (secondary N) is 1. The molecule has 2 rings (SSSR count). The molecule has 1 heterocycles. The number of hydrogen-bond donors (Lipinski definition) is 1. The Morgan fingerprint density at radius 3 is 2.81 bits per heavy atom. The topological polar surface area (TPSA) is 91.7 Å². The molecule has 21 heavy (non-hydrogen) atoms. The standard InChI is InChI=1S/C14H15N3O4/c1-9(13(18)17-6-5-16-14(17)19)21-11-4-3-10(8-15)7-12(11)20-2/h3-4,7,9H,5-6H2,1-2H3,(H,16,19)/t9-/m0/s1. The molecule has 0 spiro atoms. The molecule has 7 heteroatoms. The Hall–Kier alpha value is -2.75. The number of carbonyl (C=O) groups excluding carboxylic acids is 2. The van der Waals surface area contributed by atoms with Crippen molar-refractivity contribution in [2.75, 3.05) is 20.2 Å². The molecule has 1 aromatic carbocycles. The van der Waals surface area contributed by atoms with Crippen LogP contribution in [0.3, 0.4) is 0 Å². The van der Waals surface area contributed by atoms with Crippen molar-refractivity contribution in [3.05, 3.63) is 23.8 Å². The zero-order chi connectivity index (χ0) is 15.4. The molecule has 3 amide bonds. The van der Waals surface area contributed by atoms with E-state index in [0.717, 1.165) is 4.90 Å². The predicted molar refractivity (Wildman–Crippen MR) is 72.9 cm³/mol. The van der Waals surface area contributed by atoms with Gasteiger partial charge < -0.3 is 14.8 Å². The maximum Gasteiger partial charge on any atom is 0.324 e. The molecule has 0 saturated carbocycles. The number of hydrogen-bond acceptors (Lipinski definition) is 5. The van der Waals surface area contributed by atoms with Crippen LogP contribution in [-0.4, -0.2) is 43.1 Å². The van der Waals surface area contributed by atoms with E-state index in [1.54, 1.807) is 19.1 Å². The number of amides is 3. The van der Waals surface area contributed by atoms with Crippen molar-refractivity contribution in [1.82, 2.24) is 10.2 Å². The van der Waals surface area contributed by atoms with E-state index in [4.69, 9.17) is 14.7 Å². The largest absolute Gasteiger partial charge is 0.493 e. The zero-order valence-electron chi connectivity index (χ0n) is 11.8. The van der Waals surface area contributed by atoms with Gasteiger partial charge in [0.25, 0.3) is 5.91 Å². The first kappa shape index (κ1) is 14.7. The number of urea groups is 1. The van der Waals surface area contributed by atoms with Gasteiger partial charge in [0.1, 0.15) is 0 Å². The van der Waals surface area contributed by atoms with Gasteiger partial charge in [-0.25, -0.2) is 4.79 Å². The van der Waals surface area contributed by atoms with Gasteiger partial charge in [-0.3, -0.25) is 9.69 Å². The summed E-state index contributed by atoms with van der Waals surface area (Å²) in [6, 6.07) is 6.23. The van der Waals surface area contributed by atoms with Crippen molar-refractivity contribution in [3.8, 4) is 17.6 Å². The number of nitrogens with zero attached hydrogens (tertiary/aromatic N) is 2. The van der Waals surface area contributed by atoms with Crippen LogP contribution in [0.4, 0.5) is 4.79 Å². The van der Waals surface area contributed by atoms with Gasteiger partial charge in [-0.1, -0.05) is 0 Å². The van der Waals surface area contributed by atoms with E-state index in [-0.39, 0.29) is 0 Å². The molecule has 1 fully saturated rings. The summed E-state index contributed by atoms with van der Waals surface area (Å²) in [5.74, 6) is 0.285. The second-order valence-electron chi connectivity index (χ2n) is 4.46. The lowest BCUT2D eigenvalue weighted by Crippen LogP contribution is -2.42. The molecule has 1 aromatic rings. The van der Waals surface area contributed by atoms with Gasteiger partial charge in [-0.15, -0.1) is 0 Å². The minimum absolute atomic E-state index is 0.329. The molecule has 1 N–H and O–H groups in total. The fourth-order valence-electron chi connectivity index (χ4n) is 1.98. The minimum atomic E-state index is -0.837. The van der Waals surface area contributed by atoms with Crippen LogP contribution < -0.4 is 14.8 Å². The molecule has 0 bridgehead atoms. The number of methoxy groups -OCH3 is 1. The highest BCUT2D eigenvalue weighted by molar-refractivity contribution is 5.97. The van der Waals surface area contributed by atoms with E-state index >= 15 is 0 Å². The molecular weight excluding hydrogens is 274 g/mol. The number of carbonyl (C=O) groups is 2. The number of imide groups is 1. The van der Waals surface area contributed by atoms with Gasteiger partial charge in [-0.2, -0.15) is 5.26 Å². The molecule has 1 aliphatic heterocycles. The quantitative estimate of drug-likeness (QED) is 0.888. The van der Waals surface area contributed by atoms with Gasteiger partial charge in [0, 0.05) is 19.2 Å². The van der Waals surface area contributed by atoms with Crippen LogP contribution in [0.15, 0.2) is 18.2 Å². The summed E-state index contributed by atoms with van der Waals surface area (Å²) in [6.45, 7) is 2.33. The summed E-state index contributed by atoms with van der Waals surface area (Å²) in [7, 11) is 1.45. The Labute approximate surface area is 122 Å². The monoisotopic (exact) mass is 289 g/mol. The maximum absolute atomic E-state index is 12.1. The molecule has 1 atom stereocenters. The van der Waals surface area contributed by atoms with E-state index in [2.05, 4.69) is 5.32 Å². The molecule has 0 unspecified atom stereocenters. The normalized spacial score (nSPS) is 15.1. The number of benzene rings is 1. The van der Waals surface area contributed by atoms with Gasteiger partial charge in [0.05, 0.1) is 18.7 Å². The molecule has 110 valence electrons. The van der Waals surface area contributed by atoms with Gasteiger partial charge in [-0.05, 0) is 19.1 Å². The minimum Gasteiger partial charge on any atom is -0.493 e. The third kappa shape index (κ3) is 3.05.